The molecule has 4 rings (SSSR count). The van der Waals surface area contributed by atoms with Gasteiger partial charge in [-0.15, -0.1) is 10.2 Å². The van der Waals surface area contributed by atoms with E-state index in [1.165, 1.54) is 11.8 Å². The van der Waals surface area contributed by atoms with Gasteiger partial charge in [0, 0.05) is 30.1 Å². The van der Waals surface area contributed by atoms with Gasteiger partial charge in [-0.3, -0.25) is 4.79 Å². The Morgan fingerprint density at radius 2 is 1.72 bits per heavy atom. The Morgan fingerprint density at radius 3 is 2.44 bits per heavy atom. The van der Waals surface area contributed by atoms with Gasteiger partial charge in [-0.1, -0.05) is 36.0 Å². The Kier molecular flexibility index (Phi) is 6.04. The second-order valence-electron chi connectivity index (χ2n) is 7.55. The number of nitrogens with one attached hydrogen (secondary N) is 1. The second-order valence-corrected chi connectivity index (χ2v) is 8.49. The number of nitrogens with zero attached hydrogens (tertiary/aromatic N) is 7. The molecule has 1 aromatic carbocycles. The lowest BCUT2D eigenvalue weighted by atomic mass is 10.1. The zero-order valence-electron chi connectivity index (χ0n) is 18.6. The molecule has 0 radical (unpaired) electrons. The third kappa shape index (κ3) is 4.54. The molecule has 0 atom stereocenters. The summed E-state index contributed by atoms with van der Waals surface area (Å²) in [5.74, 6) is 1.72. The molecule has 0 fully saturated rings. The third-order valence-corrected chi connectivity index (χ3v) is 5.83. The summed E-state index contributed by atoms with van der Waals surface area (Å²) < 4.78 is 3.45. The summed E-state index contributed by atoms with van der Waals surface area (Å²) in [6.45, 7) is 7.69. The topological polar surface area (TPSA) is 103 Å². The molecule has 0 spiro atoms. The predicted octanol–water partition coefficient (Wildman–Crippen LogP) is 3.42. The largest absolute Gasteiger partial charge is 0.310 e. The summed E-state index contributed by atoms with van der Waals surface area (Å²) in [6, 6.07) is 11.7. The van der Waals surface area contributed by atoms with Crippen molar-refractivity contribution < 1.29 is 4.79 Å². The highest BCUT2D eigenvalue weighted by Crippen LogP contribution is 2.25. The van der Waals surface area contributed by atoms with Crippen LogP contribution in [0.25, 0.3) is 17.3 Å². The van der Waals surface area contributed by atoms with Crippen molar-refractivity contribution in [2.24, 2.45) is 7.05 Å². The summed E-state index contributed by atoms with van der Waals surface area (Å²) >= 11 is 1.33. The molecule has 4 aromatic rings. The van der Waals surface area contributed by atoms with Crippen LogP contribution >= 0.6 is 11.8 Å². The van der Waals surface area contributed by atoms with Crippen LogP contribution in [0, 0.1) is 27.7 Å². The van der Waals surface area contributed by atoms with Crippen molar-refractivity contribution in [2.45, 2.75) is 32.9 Å². The molecule has 10 heteroatoms. The lowest BCUT2D eigenvalue weighted by Crippen LogP contribution is -2.18. The van der Waals surface area contributed by atoms with Gasteiger partial charge in [-0.25, -0.2) is 9.97 Å². The first-order valence-corrected chi connectivity index (χ1v) is 11.1. The number of benzene rings is 1. The molecule has 9 nitrogen and oxygen atoms in total. The third-order valence-electron chi connectivity index (χ3n) is 4.81. The standard InChI is InChI=1S/C22H24N8OS/c1-13-8-6-7-9-17(13)20-26-27-22(29(20)5)32-12-19(31)25-18-11-16(4)28-30(18)21-23-14(2)10-15(3)24-21/h6-11H,12H2,1-5H3,(H,25,31). The van der Waals surface area contributed by atoms with Crippen molar-refractivity contribution in [2.75, 3.05) is 11.1 Å². The summed E-state index contributed by atoms with van der Waals surface area (Å²) in [6.07, 6.45) is 0. The summed E-state index contributed by atoms with van der Waals surface area (Å²) in [5, 5.41) is 16.6. The number of amides is 1. The average Bonchev–Trinajstić information content (AvgIpc) is 3.28. The van der Waals surface area contributed by atoms with Crippen molar-refractivity contribution >= 4 is 23.5 Å². The number of thioether (sulfide) groups is 1. The molecule has 0 saturated heterocycles. The smallest absolute Gasteiger partial charge is 0.252 e. The molecular weight excluding hydrogens is 424 g/mol. The van der Waals surface area contributed by atoms with Gasteiger partial charge in [0.15, 0.2) is 11.0 Å². The number of rotatable bonds is 6. The van der Waals surface area contributed by atoms with E-state index in [1.54, 1.807) is 10.7 Å². The Balaban J connectivity index is 1.48. The number of hydrogen-bond donors (Lipinski definition) is 1. The predicted molar refractivity (Wildman–Crippen MR) is 124 cm³/mol. The average molecular weight is 449 g/mol. The molecule has 0 saturated carbocycles. The van der Waals surface area contributed by atoms with Gasteiger partial charge in [-0.2, -0.15) is 9.78 Å². The molecule has 32 heavy (non-hydrogen) atoms. The van der Waals surface area contributed by atoms with Crippen LogP contribution in [0.4, 0.5) is 5.82 Å². The first-order chi connectivity index (χ1) is 15.3. The van der Waals surface area contributed by atoms with Gasteiger partial charge in [0.2, 0.25) is 5.91 Å². The maximum absolute atomic E-state index is 12.7. The van der Waals surface area contributed by atoms with Gasteiger partial charge in [0.25, 0.3) is 5.95 Å². The minimum atomic E-state index is -0.180. The molecule has 3 aromatic heterocycles. The fourth-order valence-electron chi connectivity index (χ4n) is 3.35. The van der Waals surface area contributed by atoms with Crippen LogP contribution in [0.5, 0.6) is 0 Å². The number of carbonyl (C=O) groups is 1. The number of aromatic nitrogens is 7. The van der Waals surface area contributed by atoms with E-state index in [9.17, 15) is 4.79 Å². The van der Waals surface area contributed by atoms with E-state index in [2.05, 4.69) is 30.6 Å². The minimum Gasteiger partial charge on any atom is -0.310 e. The van der Waals surface area contributed by atoms with Crippen LogP contribution in [0.15, 0.2) is 41.6 Å². The van der Waals surface area contributed by atoms with Gasteiger partial charge in [0.1, 0.15) is 5.82 Å². The molecule has 0 aliphatic carbocycles. The van der Waals surface area contributed by atoms with Crippen molar-refractivity contribution in [1.82, 2.24) is 34.5 Å². The van der Waals surface area contributed by atoms with Crippen molar-refractivity contribution in [1.29, 1.82) is 0 Å². The van der Waals surface area contributed by atoms with E-state index in [4.69, 9.17) is 0 Å². The van der Waals surface area contributed by atoms with E-state index < -0.39 is 0 Å². The Bertz CT molecular complexity index is 1270. The molecule has 0 bridgehead atoms. The molecule has 0 unspecified atom stereocenters. The summed E-state index contributed by atoms with van der Waals surface area (Å²) in [5.41, 5.74) is 4.56. The number of carbonyl (C=O) groups excluding carboxylic acids is 1. The minimum absolute atomic E-state index is 0.178. The molecule has 3 heterocycles. The highest BCUT2D eigenvalue weighted by molar-refractivity contribution is 7.99. The van der Waals surface area contributed by atoms with Crippen LogP contribution in [-0.2, 0) is 11.8 Å². The normalized spacial score (nSPS) is 11.0. The first-order valence-electron chi connectivity index (χ1n) is 10.1. The van der Waals surface area contributed by atoms with Crippen molar-refractivity contribution in [3.63, 3.8) is 0 Å². The molecule has 0 aliphatic heterocycles. The summed E-state index contributed by atoms with van der Waals surface area (Å²) in [4.78, 5) is 21.6. The quantitative estimate of drug-likeness (QED) is 0.451. The maximum atomic E-state index is 12.7. The Hall–Kier alpha value is -3.53. The monoisotopic (exact) mass is 448 g/mol. The van der Waals surface area contributed by atoms with Crippen LogP contribution < -0.4 is 5.32 Å². The molecular formula is C22H24N8OS. The van der Waals surface area contributed by atoms with E-state index in [0.29, 0.717) is 16.9 Å². The van der Waals surface area contributed by atoms with E-state index in [1.807, 2.05) is 69.6 Å². The summed E-state index contributed by atoms with van der Waals surface area (Å²) in [7, 11) is 1.90. The Labute approximate surface area is 190 Å². The highest BCUT2D eigenvalue weighted by Gasteiger charge is 2.17. The van der Waals surface area contributed by atoms with Gasteiger partial charge >= 0.3 is 0 Å². The fraction of sp³-hybridized carbons (Fsp3) is 0.273. The maximum Gasteiger partial charge on any atom is 0.252 e. The zero-order chi connectivity index (χ0) is 22.8. The van der Waals surface area contributed by atoms with Crippen molar-refractivity contribution in [3.8, 4) is 17.3 Å². The van der Waals surface area contributed by atoms with Crippen LogP contribution in [0.3, 0.4) is 0 Å². The van der Waals surface area contributed by atoms with Crippen molar-refractivity contribution in [3.05, 3.63) is 59.0 Å². The van der Waals surface area contributed by atoms with Crippen LogP contribution in [0.1, 0.15) is 22.6 Å². The SMILES string of the molecule is Cc1cc(C)nc(-n2nc(C)cc2NC(=O)CSc2nnc(-c3ccccc3C)n2C)n1. The number of aryl methyl sites for hydroxylation is 4. The number of anilines is 1. The molecule has 164 valence electrons. The molecule has 0 aliphatic rings. The molecule has 1 amide bonds. The second kappa shape index (κ2) is 8.91. The van der Waals surface area contributed by atoms with E-state index >= 15 is 0 Å². The van der Waals surface area contributed by atoms with E-state index in [-0.39, 0.29) is 11.7 Å². The van der Waals surface area contributed by atoms with Crippen LogP contribution in [-0.4, -0.2) is 46.2 Å². The van der Waals surface area contributed by atoms with Gasteiger partial charge < -0.3 is 9.88 Å². The first kappa shape index (κ1) is 21.7. The van der Waals surface area contributed by atoms with Crippen LogP contribution in [0.2, 0.25) is 0 Å². The zero-order valence-corrected chi connectivity index (χ0v) is 19.4. The van der Waals surface area contributed by atoms with Gasteiger partial charge in [-0.05, 0) is 39.3 Å². The number of hydrogen-bond acceptors (Lipinski definition) is 7. The molecule has 1 N–H and O–H groups in total. The highest BCUT2D eigenvalue weighted by atomic mass is 32.2. The van der Waals surface area contributed by atoms with Gasteiger partial charge in [0.05, 0.1) is 11.4 Å². The van der Waals surface area contributed by atoms with E-state index in [0.717, 1.165) is 34.0 Å². The fourth-order valence-corrected chi connectivity index (χ4v) is 4.06. The lowest BCUT2D eigenvalue weighted by molar-refractivity contribution is -0.113. The lowest BCUT2D eigenvalue weighted by Gasteiger charge is -2.09. The Morgan fingerprint density at radius 1 is 1.00 bits per heavy atom.